The Kier molecular flexibility index (Phi) is 8.19. The number of rotatable bonds is 7. The van der Waals surface area contributed by atoms with Gasteiger partial charge in [0.1, 0.15) is 0 Å². The van der Waals surface area contributed by atoms with Crippen LogP contribution in [0.3, 0.4) is 0 Å². The highest BCUT2D eigenvalue weighted by Gasteiger charge is 2.00. The van der Waals surface area contributed by atoms with Crippen LogP contribution in [0.15, 0.2) is 5.16 Å². The molecule has 0 unspecified atom stereocenters. The van der Waals surface area contributed by atoms with Crippen LogP contribution in [0.25, 0.3) is 0 Å². The van der Waals surface area contributed by atoms with E-state index >= 15 is 0 Å². The fourth-order valence-corrected chi connectivity index (χ4v) is 1.11. The van der Waals surface area contributed by atoms with Crippen LogP contribution in [0.4, 0.5) is 0 Å². The zero-order chi connectivity index (χ0) is 10.8. The van der Waals surface area contributed by atoms with Gasteiger partial charge in [-0.3, -0.25) is 0 Å². The zero-order valence-electron chi connectivity index (χ0n) is 9.51. The van der Waals surface area contributed by atoms with E-state index in [0.29, 0.717) is 0 Å². The van der Waals surface area contributed by atoms with Gasteiger partial charge in [-0.2, -0.15) is 0 Å². The number of nitrogens with zero attached hydrogens (tertiary/aromatic N) is 1. The van der Waals surface area contributed by atoms with Crippen molar-refractivity contribution in [3.8, 4) is 0 Å². The minimum absolute atomic E-state index is 0.338. The Bertz CT molecular complexity index is 178. The molecule has 0 aromatic carbocycles. The Balaban J connectivity index is 3.94. The molecule has 14 heavy (non-hydrogen) atoms. The van der Waals surface area contributed by atoms with Crippen LogP contribution in [0.5, 0.6) is 0 Å². The first kappa shape index (κ1) is 13.1. The molecule has 0 amide bonds. The Morgan fingerprint density at radius 3 is 2.00 bits per heavy atom. The van der Waals surface area contributed by atoms with Crippen molar-refractivity contribution in [2.24, 2.45) is 5.16 Å². The molecule has 0 aliphatic rings. The molecule has 0 fully saturated rings. The molecule has 0 saturated heterocycles. The van der Waals surface area contributed by atoms with Gasteiger partial charge in [-0.1, -0.05) is 31.8 Å². The molecule has 0 atom stereocenters. The van der Waals surface area contributed by atoms with E-state index in [1.165, 1.54) is 6.92 Å². The van der Waals surface area contributed by atoms with Crippen LogP contribution >= 0.6 is 0 Å². The molecule has 0 radical (unpaired) electrons. The summed E-state index contributed by atoms with van der Waals surface area (Å²) in [5, 5.41) is 3.87. The lowest BCUT2D eigenvalue weighted by molar-refractivity contribution is -0.140. The third kappa shape index (κ3) is 7.77. The second-order valence-corrected chi connectivity index (χ2v) is 3.45. The zero-order valence-corrected chi connectivity index (χ0v) is 9.51. The molecule has 0 rings (SSSR count). The van der Waals surface area contributed by atoms with Crippen molar-refractivity contribution in [1.82, 2.24) is 0 Å². The van der Waals surface area contributed by atoms with Crippen molar-refractivity contribution in [1.29, 1.82) is 0 Å². The van der Waals surface area contributed by atoms with Gasteiger partial charge in [-0.05, 0) is 25.7 Å². The standard InChI is InChI=1S/C11H21NO2/c1-4-6-8-11(9-7-5-2)12-14-10(3)13/h4-9H2,1-3H3. The minimum atomic E-state index is -0.338. The maximum atomic E-state index is 10.6. The van der Waals surface area contributed by atoms with E-state index in [9.17, 15) is 4.79 Å². The second kappa shape index (κ2) is 8.73. The van der Waals surface area contributed by atoms with Gasteiger partial charge in [0.05, 0.1) is 5.71 Å². The molecule has 0 aliphatic heterocycles. The predicted octanol–water partition coefficient (Wildman–Crippen LogP) is 3.29. The van der Waals surface area contributed by atoms with E-state index in [-0.39, 0.29) is 5.97 Å². The number of unbranched alkanes of at least 4 members (excludes halogenated alkanes) is 2. The maximum absolute atomic E-state index is 10.6. The molecule has 0 aromatic heterocycles. The molecule has 0 N–H and O–H groups in total. The van der Waals surface area contributed by atoms with E-state index in [1.807, 2.05) is 0 Å². The van der Waals surface area contributed by atoms with Crippen LogP contribution in [0.1, 0.15) is 59.3 Å². The average Bonchev–Trinajstić information content (AvgIpc) is 2.16. The highest BCUT2D eigenvalue weighted by atomic mass is 16.7. The highest BCUT2D eigenvalue weighted by molar-refractivity contribution is 5.84. The van der Waals surface area contributed by atoms with Gasteiger partial charge in [0.25, 0.3) is 0 Å². The Morgan fingerprint density at radius 1 is 1.14 bits per heavy atom. The molecular weight excluding hydrogens is 178 g/mol. The molecule has 0 aromatic rings. The van der Waals surface area contributed by atoms with E-state index < -0.39 is 0 Å². The summed E-state index contributed by atoms with van der Waals surface area (Å²) >= 11 is 0. The molecule has 0 spiro atoms. The highest BCUT2D eigenvalue weighted by Crippen LogP contribution is 2.05. The lowest BCUT2D eigenvalue weighted by Crippen LogP contribution is -2.02. The van der Waals surface area contributed by atoms with Crippen molar-refractivity contribution >= 4 is 11.7 Å². The van der Waals surface area contributed by atoms with Crippen LogP contribution in [-0.4, -0.2) is 11.7 Å². The van der Waals surface area contributed by atoms with E-state index in [1.54, 1.807) is 0 Å². The van der Waals surface area contributed by atoms with Crippen molar-refractivity contribution in [2.75, 3.05) is 0 Å². The van der Waals surface area contributed by atoms with Gasteiger partial charge in [0.2, 0.25) is 0 Å². The normalized spacial score (nSPS) is 9.64. The van der Waals surface area contributed by atoms with Crippen molar-refractivity contribution in [3.05, 3.63) is 0 Å². The summed E-state index contributed by atoms with van der Waals surface area (Å²) in [7, 11) is 0. The van der Waals surface area contributed by atoms with E-state index in [0.717, 1.165) is 44.2 Å². The number of carbonyl (C=O) groups is 1. The lowest BCUT2D eigenvalue weighted by Gasteiger charge is -2.03. The number of hydrogen-bond acceptors (Lipinski definition) is 3. The van der Waals surface area contributed by atoms with Gasteiger partial charge in [-0.15, -0.1) is 0 Å². The first-order valence-corrected chi connectivity index (χ1v) is 5.44. The van der Waals surface area contributed by atoms with Crippen LogP contribution in [-0.2, 0) is 9.63 Å². The average molecular weight is 199 g/mol. The smallest absolute Gasteiger partial charge is 0.319 e. The summed E-state index contributed by atoms with van der Waals surface area (Å²) in [4.78, 5) is 15.2. The largest absolute Gasteiger partial charge is 0.331 e. The summed E-state index contributed by atoms with van der Waals surface area (Å²) in [6.45, 7) is 5.66. The Labute approximate surface area is 86.5 Å². The van der Waals surface area contributed by atoms with E-state index in [2.05, 4.69) is 23.8 Å². The molecule has 0 heterocycles. The molecule has 0 saturated carbocycles. The summed E-state index contributed by atoms with van der Waals surface area (Å²) in [6, 6.07) is 0. The topological polar surface area (TPSA) is 38.7 Å². The number of oxime groups is 1. The first-order valence-electron chi connectivity index (χ1n) is 5.44. The fraction of sp³-hybridized carbons (Fsp3) is 0.818. The molecule has 3 heteroatoms. The third-order valence-corrected chi connectivity index (χ3v) is 1.94. The van der Waals surface area contributed by atoms with Crippen LogP contribution < -0.4 is 0 Å². The van der Waals surface area contributed by atoms with Gasteiger partial charge < -0.3 is 4.84 Å². The predicted molar refractivity (Wildman–Crippen MR) is 58.3 cm³/mol. The van der Waals surface area contributed by atoms with Gasteiger partial charge >= 0.3 is 5.97 Å². The lowest BCUT2D eigenvalue weighted by atomic mass is 10.1. The second-order valence-electron chi connectivity index (χ2n) is 3.45. The maximum Gasteiger partial charge on any atom is 0.331 e. The number of hydrogen-bond donors (Lipinski definition) is 0. The third-order valence-electron chi connectivity index (χ3n) is 1.94. The van der Waals surface area contributed by atoms with Crippen molar-refractivity contribution in [2.45, 2.75) is 59.3 Å². The Morgan fingerprint density at radius 2 is 1.64 bits per heavy atom. The van der Waals surface area contributed by atoms with Crippen LogP contribution in [0.2, 0.25) is 0 Å². The van der Waals surface area contributed by atoms with Crippen LogP contribution in [0, 0.1) is 0 Å². The minimum Gasteiger partial charge on any atom is -0.319 e. The molecule has 0 bridgehead atoms. The summed E-state index contributed by atoms with van der Waals surface area (Å²) < 4.78 is 0. The monoisotopic (exact) mass is 199 g/mol. The Hall–Kier alpha value is -0.860. The summed E-state index contributed by atoms with van der Waals surface area (Å²) in [5.74, 6) is -0.338. The first-order chi connectivity index (χ1) is 6.70. The van der Waals surface area contributed by atoms with Gasteiger partial charge in [-0.25, -0.2) is 4.79 Å². The number of carbonyl (C=O) groups excluding carboxylic acids is 1. The summed E-state index contributed by atoms with van der Waals surface area (Å²) in [5.41, 5.74) is 1.02. The molecule has 82 valence electrons. The van der Waals surface area contributed by atoms with Crippen molar-refractivity contribution < 1.29 is 9.63 Å². The molecular formula is C11H21NO2. The van der Waals surface area contributed by atoms with Gasteiger partial charge in [0, 0.05) is 6.92 Å². The molecule has 0 aliphatic carbocycles. The van der Waals surface area contributed by atoms with E-state index in [4.69, 9.17) is 0 Å². The molecule has 3 nitrogen and oxygen atoms in total. The quantitative estimate of drug-likeness (QED) is 0.358. The fourth-order valence-electron chi connectivity index (χ4n) is 1.11. The van der Waals surface area contributed by atoms with Gasteiger partial charge in [0.15, 0.2) is 0 Å². The van der Waals surface area contributed by atoms with Crippen molar-refractivity contribution in [3.63, 3.8) is 0 Å². The summed E-state index contributed by atoms with van der Waals surface area (Å²) in [6.07, 6.45) is 6.41. The SMILES string of the molecule is CCCCC(CCCC)=NOC(C)=O.